The van der Waals surface area contributed by atoms with Gasteiger partial charge in [0.1, 0.15) is 5.82 Å². The smallest absolute Gasteiger partial charge is 0.206 e. The van der Waals surface area contributed by atoms with E-state index in [9.17, 15) is 9.18 Å². The van der Waals surface area contributed by atoms with Gasteiger partial charge < -0.3 is 4.74 Å². The fourth-order valence-corrected chi connectivity index (χ4v) is 1.38. The quantitative estimate of drug-likeness (QED) is 0.681. The molecule has 1 aromatic carbocycles. The minimum Gasteiger partial charge on any atom is -0.489 e. The highest BCUT2D eigenvalue weighted by atomic mass is 19.1. The Kier molecular flexibility index (Phi) is 2.08. The van der Waals surface area contributed by atoms with Crippen molar-refractivity contribution in [2.75, 3.05) is 0 Å². The number of carbonyl (C=O) groups is 1. The Labute approximate surface area is 81.0 Å². The van der Waals surface area contributed by atoms with Crippen LogP contribution in [-0.4, -0.2) is 11.9 Å². The lowest BCUT2D eigenvalue weighted by Gasteiger charge is -2.01. The molecule has 0 saturated carbocycles. The second kappa shape index (κ2) is 3.25. The van der Waals surface area contributed by atoms with Crippen molar-refractivity contribution in [1.29, 1.82) is 0 Å². The number of rotatable bonds is 1. The van der Waals surface area contributed by atoms with E-state index in [2.05, 4.69) is 0 Å². The number of hydrogen-bond acceptors (Lipinski definition) is 2. The fourth-order valence-electron chi connectivity index (χ4n) is 1.38. The summed E-state index contributed by atoms with van der Waals surface area (Å²) in [5.74, 6) is -0.452. The van der Waals surface area contributed by atoms with E-state index in [0.717, 1.165) is 0 Å². The molecule has 0 aliphatic carbocycles. The van der Waals surface area contributed by atoms with Crippen LogP contribution in [0.5, 0.6) is 0 Å². The SMILES string of the molecule is CC1OC=C(c2cccc(F)c2)C1=O. The number of Topliss-reactive ketones (excluding diaryl/α,β-unsaturated/α-hetero) is 1. The molecule has 2 nitrogen and oxygen atoms in total. The number of ether oxygens (including phenoxy) is 1. The van der Waals surface area contributed by atoms with Gasteiger partial charge in [-0.05, 0) is 24.6 Å². The Morgan fingerprint density at radius 1 is 1.43 bits per heavy atom. The first-order chi connectivity index (χ1) is 6.68. The summed E-state index contributed by atoms with van der Waals surface area (Å²) < 4.78 is 17.9. The highest BCUT2D eigenvalue weighted by Gasteiger charge is 2.26. The molecule has 0 amide bonds. The van der Waals surface area contributed by atoms with Crippen LogP contribution in [-0.2, 0) is 9.53 Å². The molecule has 0 radical (unpaired) electrons. The minimum atomic E-state index is -0.451. The highest BCUT2D eigenvalue weighted by molar-refractivity contribution is 6.23. The van der Waals surface area contributed by atoms with E-state index in [1.807, 2.05) is 0 Å². The molecule has 0 fully saturated rings. The fraction of sp³-hybridized carbons (Fsp3) is 0.182. The number of benzene rings is 1. The van der Waals surface area contributed by atoms with Crippen LogP contribution in [0.1, 0.15) is 12.5 Å². The summed E-state index contributed by atoms with van der Waals surface area (Å²) in [6, 6.07) is 5.93. The van der Waals surface area contributed by atoms with Gasteiger partial charge in [-0.2, -0.15) is 0 Å². The molecule has 1 atom stereocenters. The van der Waals surface area contributed by atoms with Gasteiger partial charge in [-0.1, -0.05) is 12.1 Å². The Balaban J connectivity index is 2.37. The number of carbonyl (C=O) groups excluding carboxylic acids is 1. The van der Waals surface area contributed by atoms with E-state index in [4.69, 9.17) is 4.74 Å². The molecule has 0 bridgehead atoms. The maximum absolute atomic E-state index is 12.9. The summed E-state index contributed by atoms with van der Waals surface area (Å²) in [6.45, 7) is 1.67. The summed E-state index contributed by atoms with van der Waals surface area (Å²) in [4.78, 5) is 11.5. The van der Waals surface area contributed by atoms with Gasteiger partial charge in [0.15, 0.2) is 6.10 Å². The molecule has 14 heavy (non-hydrogen) atoms. The van der Waals surface area contributed by atoms with E-state index in [0.29, 0.717) is 11.1 Å². The summed E-state index contributed by atoms with van der Waals surface area (Å²) in [7, 11) is 0. The lowest BCUT2D eigenvalue weighted by Crippen LogP contribution is -2.12. The number of halogens is 1. The molecule has 1 aromatic rings. The van der Waals surface area contributed by atoms with Crippen molar-refractivity contribution in [2.45, 2.75) is 13.0 Å². The second-order valence-electron chi connectivity index (χ2n) is 3.18. The molecule has 1 unspecified atom stereocenters. The molecule has 1 aliphatic heterocycles. The van der Waals surface area contributed by atoms with Crippen LogP contribution in [0.2, 0.25) is 0 Å². The van der Waals surface area contributed by atoms with Gasteiger partial charge in [0, 0.05) is 0 Å². The van der Waals surface area contributed by atoms with E-state index in [1.165, 1.54) is 18.4 Å². The molecule has 0 N–H and O–H groups in total. The molecular formula is C11H9FO2. The van der Waals surface area contributed by atoms with Gasteiger partial charge >= 0.3 is 0 Å². The van der Waals surface area contributed by atoms with E-state index in [1.54, 1.807) is 19.1 Å². The Morgan fingerprint density at radius 3 is 2.79 bits per heavy atom. The van der Waals surface area contributed by atoms with Crippen molar-refractivity contribution in [1.82, 2.24) is 0 Å². The first-order valence-corrected chi connectivity index (χ1v) is 4.34. The largest absolute Gasteiger partial charge is 0.489 e. The maximum atomic E-state index is 12.9. The van der Waals surface area contributed by atoms with Crippen LogP contribution >= 0.6 is 0 Å². The average molecular weight is 192 g/mol. The van der Waals surface area contributed by atoms with Gasteiger partial charge in [-0.25, -0.2) is 4.39 Å². The lowest BCUT2D eigenvalue weighted by molar-refractivity contribution is -0.118. The van der Waals surface area contributed by atoms with E-state index >= 15 is 0 Å². The molecule has 1 heterocycles. The van der Waals surface area contributed by atoms with Gasteiger partial charge in [0.2, 0.25) is 5.78 Å². The standard InChI is InChI=1S/C11H9FO2/c1-7-11(13)10(6-14-7)8-3-2-4-9(12)5-8/h2-7H,1H3. The van der Waals surface area contributed by atoms with Crippen LogP contribution in [0.15, 0.2) is 30.5 Å². The van der Waals surface area contributed by atoms with Crippen LogP contribution in [0, 0.1) is 5.82 Å². The maximum Gasteiger partial charge on any atom is 0.206 e. The van der Waals surface area contributed by atoms with Gasteiger partial charge in [-0.3, -0.25) is 4.79 Å². The third-order valence-electron chi connectivity index (χ3n) is 2.16. The number of ketones is 1. The van der Waals surface area contributed by atoms with Crippen molar-refractivity contribution in [3.63, 3.8) is 0 Å². The Bertz CT molecular complexity index is 410. The Morgan fingerprint density at radius 2 is 2.21 bits per heavy atom. The van der Waals surface area contributed by atoms with Crippen LogP contribution in [0.4, 0.5) is 4.39 Å². The molecule has 3 heteroatoms. The van der Waals surface area contributed by atoms with Crippen molar-refractivity contribution in [2.24, 2.45) is 0 Å². The van der Waals surface area contributed by atoms with Gasteiger partial charge in [0.25, 0.3) is 0 Å². The predicted molar refractivity (Wildman–Crippen MR) is 49.9 cm³/mol. The molecule has 72 valence electrons. The number of hydrogen-bond donors (Lipinski definition) is 0. The summed E-state index contributed by atoms with van der Waals surface area (Å²) in [5.41, 5.74) is 1.01. The van der Waals surface area contributed by atoms with Crippen LogP contribution in [0.25, 0.3) is 5.57 Å². The lowest BCUT2D eigenvalue weighted by atomic mass is 10.0. The zero-order chi connectivity index (χ0) is 10.1. The van der Waals surface area contributed by atoms with Crippen LogP contribution in [0.3, 0.4) is 0 Å². The third kappa shape index (κ3) is 1.41. The van der Waals surface area contributed by atoms with Gasteiger partial charge in [-0.15, -0.1) is 0 Å². The van der Waals surface area contributed by atoms with Crippen molar-refractivity contribution in [3.05, 3.63) is 41.9 Å². The zero-order valence-corrected chi connectivity index (χ0v) is 7.66. The molecule has 0 spiro atoms. The highest BCUT2D eigenvalue weighted by Crippen LogP contribution is 2.24. The third-order valence-corrected chi connectivity index (χ3v) is 2.16. The monoisotopic (exact) mass is 192 g/mol. The van der Waals surface area contributed by atoms with Gasteiger partial charge in [0.05, 0.1) is 11.8 Å². The van der Waals surface area contributed by atoms with Crippen molar-refractivity contribution < 1.29 is 13.9 Å². The molecule has 0 saturated heterocycles. The average Bonchev–Trinajstić information content (AvgIpc) is 2.48. The topological polar surface area (TPSA) is 26.3 Å². The molecule has 1 aliphatic rings. The summed E-state index contributed by atoms with van der Waals surface area (Å²) in [5, 5.41) is 0. The second-order valence-corrected chi connectivity index (χ2v) is 3.18. The first kappa shape index (κ1) is 8.94. The molecule has 0 aromatic heterocycles. The van der Waals surface area contributed by atoms with Crippen molar-refractivity contribution in [3.8, 4) is 0 Å². The molecule has 2 rings (SSSR count). The minimum absolute atomic E-state index is 0.101. The predicted octanol–water partition coefficient (Wildman–Crippen LogP) is 2.15. The van der Waals surface area contributed by atoms with E-state index in [-0.39, 0.29) is 11.6 Å². The summed E-state index contributed by atoms with van der Waals surface area (Å²) >= 11 is 0. The van der Waals surface area contributed by atoms with E-state index < -0.39 is 6.10 Å². The molecular weight excluding hydrogens is 183 g/mol. The first-order valence-electron chi connectivity index (χ1n) is 4.34. The summed E-state index contributed by atoms with van der Waals surface area (Å²) in [6.07, 6.45) is 0.940. The Hall–Kier alpha value is -1.64. The normalized spacial score (nSPS) is 20.6. The van der Waals surface area contributed by atoms with Crippen LogP contribution < -0.4 is 0 Å². The van der Waals surface area contributed by atoms with Crippen molar-refractivity contribution >= 4 is 11.4 Å². The zero-order valence-electron chi connectivity index (χ0n) is 7.66.